The van der Waals surface area contributed by atoms with E-state index < -0.39 is 6.04 Å². The topological polar surface area (TPSA) is 49.4 Å². The molecule has 4 nitrogen and oxygen atoms in total. The summed E-state index contributed by atoms with van der Waals surface area (Å²) < 4.78 is 0. The van der Waals surface area contributed by atoms with Gasteiger partial charge in [-0.1, -0.05) is 20.8 Å². The summed E-state index contributed by atoms with van der Waals surface area (Å²) in [5.41, 5.74) is 0. The summed E-state index contributed by atoms with van der Waals surface area (Å²) in [7, 11) is 1.69. The van der Waals surface area contributed by atoms with Gasteiger partial charge in [-0.15, -0.1) is 0 Å². The molecule has 2 amide bonds. The maximum Gasteiger partial charge on any atom is 0.242 e. The van der Waals surface area contributed by atoms with Crippen molar-refractivity contribution >= 4 is 11.8 Å². The minimum Gasteiger partial charge on any atom is -0.352 e. The summed E-state index contributed by atoms with van der Waals surface area (Å²) in [6.45, 7) is 11.5. The van der Waals surface area contributed by atoms with E-state index in [1.54, 1.807) is 14.0 Å². The first-order valence-corrected chi connectivity index (χ1v) is 6.25. The normalized spacial score (nSPS) is 14.6. The Bertz CT molecular complexity index is 275. The molecule has 4 heteroatoms. The SMILES string of the molecule is CC(C)NC(=O)[C@H](C)N(C)C(=O)[C@@H](C)C(C)C. The van der Waals surface area contributed by atoms with Gasteiger partial charge in [0.1, 0.15) is 6.04 Å². The molecule has 0 radical (unpaired) electrons. The van der Waals surface area contributed by atoms with E-state index in [1.807, 2.05) is 34.6 Å². The Hall–Kier alpha value is -1.06. The summed E-state index contributed by atoms with van der Waals surface area (Å²) in [4.78, 5) is 25.4. The second kappa shape index (κ2) is 6.62. The van der Waals surface area contributed by atoms with Crippen molar-refractivity contribution < 1.29 is 9.59 Å². The third kappa shape index (κ3) is 4.75. The van der Waals surface area contributed by atoms with E-state index >= 15 is 0 Å². The molecule has 0 saturated heterocycles. The number of carbonyl (C=O) groups excluding carboxylic acids is 2. The Morgan fingerprint density at radius 2 is 1.47 bits per heavy atom. The molecule has 100 valence electrons. The van der Waals surface area contributed by atoms with Crippen LogP contribution in [0.25, 0.3) is 0 Å². The highest BCUT2D eigenvalue weighted by Crippen LogP contribution is 2.14. The number of likely N-dealkylation sites (N-methyl/N-ethyl adjacent to an activating group) is 1. The van der Waals surface area contributed by atoms with Crippen LogP contribution in [0.4, 0.5) is 0 Å². The molecule has 0 aromatic rings. The van der Waals surface area contributed by atoms with Gasteiger partial charge in [-0.05, 0) is 26.7 Å². The number of rotatable bonds is 5. The van der Waals surface area contributed by atoms with E-state index in [2.05, 4.69) is 5.32 Å². The summed E-state index contributed by atoms with van der Waals surface area (Å²) in [6.07, 6.45) is 0. The van der Waals surface area contributed by atoms with Gasteiger partial charge in [-0.3, -0.25) is 9.59 Å². The molecular weight excluding hydrogens is 216 g/mol. The monoisotopic (exact) mass is 242 g/mol. The van der Waals surface area contributed by atoms with Gasteiger partial charge in [-0.2, -0.15) is 0 Å². The number of hydrogen-bond acceptors (Lipinski definition) is 2. The quantitative estimate of drug-likeness (QED) is 0.797. The van der Waals surface area contributed by atoms with E-state index in [9.17, 15) is 9.59 Å². The predicted molar refractivity (Wildman–Crippen MR) is 69.5 cm³/mol. The molecule has 2 atom stereocenters. The molecule has 0 aliphatic carbocycles. The van der Waals surface area contributed by atoms with Gasteiger partial charge in [-0.25, -0.2) is 0 Å². The minimum atomic E-state index is -0.425. The molecule has 17 heavy (non-hydrogen) atoms. The number of nitrogens with one attached hydrogen (secondary N) is 1. The summed E-state index contributed by atoms with van der Waals surface area (Å²) in [6, 6.07) is -0.331. The Balaban J connectivity index is 4.54. The summed E-state index contributed by atoms with van der Waals surface area (Å²) in [5.74, 6) is 0.137. The van der Waals surface area contributed by atoms with Gasteiger partial charge in [0, 0.05) is 19.0 Å². The largest absolute Gasteiger partial charge is 0.352 e. The van der Waals surface area contributed by atoms with Gasteiger partial charge in [0.2, 0.25) is 11.8 Å². The Morgan fingerprint density at radius 1 is 1.00 bits per heavy atom. The highest BCUT2D eigenvalue weighted by Gasteiger charge is 2.27. The van der Waals surface area contributed by atoms with Crippen molar-refractivity contribution in [2.24, 2.45) is 11.8 Å². The van der Waals surface area contributed by atoms with E-state index in [0.29, 0.717) is 0 Å². The average molecular weight is 242 g/mol. The first kappa shape index (κ1) is 15.9. The average Bonchev–Trinajstić information content (AvgIpc) is 2.23. The van der Waals surface area contributed by atoms with E-state index in [0.717, 1.165) is 0 Å². The molecule has 0 aromatic carbocycles. The van der Waals surface area contributed by atoms with Crippen molar-refractivity contribution in [3.8, 4) is 0 Å². The maximum atomic E-state index is 12.1. The van der Waals surface area contributed by atoms with E-state index in [-0.39, 0.29) is 29.7 Å². The Kier molecular flexibility index (Phi) is 6.21. The lowest BCUT2D eigenvalue weighted by molar-refractivity contribution is -0.142. The molecule has 0 heterocycles. The Morgan fingerprint density at radius 3 is 1.82 bits per heavy atom. The van der Waals surface area contributed by atoms with Crippen molar-refractivity contribution in [3.63, 3.8) is 0 Å². The van der Waals surface area contributed by atoms with Crippen LogP contribution >= 0.6 is 0 Å². The van der Waals surface area contributed by atoms with Crippen LogP contribution in [0.2, 0.25) is 0 Å². The lowest BCUT2D eigenvalue weighted by atomic mass is 9.96. The van der Waals surface area contributed by atoms with Crippen LogP contribution < -0.4 is 5.32 Å². The van der Waals surface area contributed by atoms with Crippen LogP contribution in [0, 0.1) is 11.8 Å². The molecule has 0 fully saturated rings. The van der Waals surface area contributed by atoms with Crippen molar-refractivity contribution in [2.45, 2.75) is 53.6 Å². The summed E-state index contributed by atoms with van der Waals surface area (Å²) in [5, 5.41) is 2.81. The third-order valence-corrected chi connectivity index (χ3v) is 3.13. The molecular formula is C13H26N2O2. The standard InChI is InChI=1S/C13H26N2O2/c1-8(2)10(5)13(17)15(7)11(6)12(16)14-9(3)4/h8-11H,1-7H3,(H,14,16)/t10-,11-/m0/s1. The van der Waals surface area contributed by atoms with Crippen LogP contribution in [-0.4, -0.2) is 35.8 Å². The van der Waals surface area contributed by atoms with Crippen LogP contribution in [0.5, 0.6) is 0 Å². The summed E-state index contributed by atoms with van der Waals surface area (Å²) >= 11 is 0. The fourth-order valence-electron chi connectivity index (χ4n) is 1.38. The van der Waals surface area contributed by atoms with Gasteiger partial charge < -0.3 is 10.2 Å². The lowest BCUT2D eigenvalue weighted by Crippen LogP contribution is -2.49. The van der Waals surface area contributed by atoms with Crippen LogP contribution in [-0.2, 0) is 9.59 Å². The molecule has 0 unspecified atom stereocenters. The highest BCUT2D eigenvalue weighted by atomic mass is 16.2. The number of hydrogen-bond donors (Lipinski definition) is 1. The maximum absolute atomic E-state index is 12.1. The smallest absolute Gasteiger partial charge is 0.242 e. The second-order valence-corrected chi connectivity index (χ2v) is 5.32. The molecule has 0 rings (SSSR count). The van der Waals surface area contributed by atoms with E-state index in [1.165, 1.54) is 4.90 Å². The Labute approximate surface area is 105 Å². The molecule has 0 bridgehead atoms. The highest BCUT2D eigenvalue weighted by molar-refractivity contribution is 5.88. The van der Waals surface area contributed by atoms with Crippen molar-refractivity contribution in [1.82, 2.24) is 10.2 Å². The van der Waals surface area contributed by atoms with Crippen LogP contribution in [0.15, 0.2) is 0 Å². The fraction of sp³-hybridized carbons (Fsp3) is 0.846. The van der Waals surface area contributed by atoms with Crippen LogP contribution in [0.1, 0.15) is 41.5 Å². The number of carbonyl (C=O) groups is 2. The van der Waals surface area contributed by atoms with Gasteiger partial charge in [0.25, 0.3) is 0 Å². The van der Waals surface area contributed by atoms with Gasteiger partial charge in [0.15, 0.2) is 0 Å². The van der Waals surface area contributed by atoms with Crippen molar-refractivity contribution in [2.75, 3.05) is 7.05 Å². The molecule has 1 N–H and O–H groups in total. The molecule has 0 saturated carbocycles. The molecule has 0 aromatic heterocycles. The van der Waals surface area contributed by atoms with Crippen LogP contribution in [0.3, 0.4) is 0 Å². The fourth-order valence-corrected chi connectivity index (χ4v) is 1.38. The third-order valence-electron chi connectivity index (χ3n) is 3.13. The zero-order valence-corrected chi connectivity index (χ0v) is 12.1. The zero-order valence-electron chi connectivity index (χ0n) is 12.1. The molecule has 0 spiro atoms. The van der Waals surface area contributed by atoms with Crippen molar-refractivity contribution in [3.05, 3.63) is 0 Å². The number of nitrogens with zero attached hydrogens (tertiary/aromatic N) is 1. The first-order chi connectivity index (χ1) is 7.68. The first-order valence-electron chi connectivity index (χ1n) is 6.25. The zero-order chi connectivity index (χ0) is 13.7. The lowest BCUT2D eigenvalue weighted by Gasteiger charge is -2.28. The number of amides is 2. The van der Waals surface area contributed by atoms with Gasteiger partial charge in [0.05, 0.1) is 0 Å². The second-order valence-electron chi connectivity index (χ2n) is 5.32. The van der Waals surface area contributed by atoms with Gasteiger partial charge >= 0.3 is 0 Å². The van der Waals surface area contributed by atoms with Crippen molar-refractivity contribution in [1.29, 1.82) is 0 Å². The minimum absolute atomic E-state index is 0.0198. The predicted octanol–water partition coefficient (Wildman–Crippen LogP) is 1.65. The molecule has 0 aliphatic heterocycles. The molecule has 0 aliphatic rings. The van der Waals surface area contributed by atoms with E-state index in [4.69, 9.17) is 0 Å².